The largest absolute Gasteiger partial charge is 0.234 e. The van der Waals surface area contributed by atoms with Crippen LogP contribution in [-0.2, 0) is 0 Å². The van der Waals surface area contributed by atoms with Gasteiger partial charge in [-0.2, -0.15) is 0 Å². The molecule has 0 aliphatic carbocycles. The molecule has 5 heteroatoms. The minimum Gasteiger partial charge on any atom is -0.234 e. The van der Waals surface area contributed by atoms with Gasteiger partial charge in [0.05, 0.1) is 16.4 Å². The van der Waals surface area contributed by atoms with E-state index in [0.29, 0.717) is 0 Å². The van der Waals surface area contributed by atoms with Crippen molar-refractivity contribution in [2.75, 3.05) is 0 Å². The Morgan fingerprint density at radius 3 is 2.80 bits per heavy atom. The first kappa shape index (κ1) is 8.43. The van der Waals surface area contributed by atoms with E-state index in [2.05, 4.69) is 20.4 Å². The molecule has 0 aliphatic heterocycles. The summed E-state index contributed by atoms with van der Waals surface area (Å²) in [6.45, 7) is 0. The van der Waals surface area contributed by atoms with Gasteiger partial charge in [0.2, 0.25) is 0 Å². The molecule has 3 aromatic rings. The second kappa shape index (κ2) is 3.36. The fourth-order valence-electron chi connectivity index (χ4n) is 1.34. The summed E-state index contributed by atoms with van der Waals surface area (Å²) in [5, 5.41) is 12.1. The number of para-hydroxylation sites is 1. The Hall–Kier alpha value is -1.88. The standard InChI is InChI=1S/C10H6N4S/c1-2-4-9-7(3-1)12-10(15-9)8-5-6-11-14-13-8/h1-6H. The fraction of sp³-hybridized carbons (Fsp3) is 0. The van der Waals surface area contributed by atoms with Crippen LogP contribution in [0.5, 0.6) is 0 Å². The van der Waals surface area contributed by atoms with Crippen LogP contribution in [-0.4, -0.2) is 20.4 Å². The van der Waals surface area contributed by atoms with Crippen molar-refractivity contribution >= 4 is 21.6 Å². The molecule has 0 aliphatic rings. The van der Waals surface area contributed by atoms with Crippen molar-refractivity contribution in [2.45, 2.75) is 0 Å². The van der Waals surface area contributed by atoms with E-state index in [1.807, 2.05) is 30.3 Å². The van der Waals surface area contributed by atoms with E-state index in [0.717, 1.165) is 20.9 Å². The molecule has 1 aromatic carbocycles. The van der Waals surface area contributed by atoms with E-state index in [1.54, 1.807) is 17.5 Å². The molecule has 15 heavy (non-hydrogen) atoms. The highest BCUT2D eigenvalue weighted by molar-refractivity contribution is 7.21. The smallest absolute Gasteiger partial charge is 0.145 e. The van der Waals surface area contributed by atoms with Gasteiger partial charge in [0.15, 0.2) is 0 Å². The molecule has 0 atom stereocenters. The Morgan fingerprint density at radius 2 is 2.00 bits per heavy atom. The van der Waals surface area contributed by atoms with Gasteiger partial charge in [-0.3, -0.25) is 0 Å². The highest BCUT2D eigenvalue weighted by Crippen LogP contribution is 2.27. The minimum atomic E-state index is 0.770. The quantitative estimate of drug-likeness (QED) is 0.622. The molecule has 2 aromatic heterocycles. The summed E-state index contributed by atoms with van der Waals surface area (Å²) >= 11 is 1.61. The van der Waals surface area contributed by atoms with Crippen molar-refractivity contribution < 1.29 is 0 Å². The maximum absolute atomic E-state index is 4.47. The average molecular weight is 214 g/mol. The minimum absolute atomic E-state index is 0.770. The van der Waals surface area contributed by atoms with Gasteiger partial charge in [0.25, 0.3) is 0 Å². The normalized spacial score (nSPS) is 10.7. The molecule has 0 radical (unpaired) electrons. The topological polar surface area (TPSA) is 51.6 Å². The van der Waals surface area contributed by atoms with Crippen LogP contribution in [0, 0.1) is 0 Å². The summed E-state index contributed by atoms with van der Waals surface area (Å²) in [6, 6.07) is 9.83. The second-order valence-electron chi connectivity index (χ2n) is 2.99. The zero-order chi connectivity index (χ0) is 10.1. The van der Waals surface area contributed by atoms with Gasteiger partial charge in [-0.1, -0.05) is 12.1 Å². The fourth-order valence-corrected chi connectivity index (χ4v) is 2.27. The summed E-state index contributed by atoms with van der Waals surface area (Å²) in [4.78, 5) is 4.47. The van der Waals surface area contributed by atoms with Gasteiger partial charge < -0.3 is 0 Å². The number of benzene rings is 1. The van der Waals surface area contributed by atoms with Crippen LogP contribution in [0.25, 0.3) is 20.9 Å². The van der Waals surface area contributed by atoms with E-state index in [4.69, 9.17) is 0 Å². The molecule has 4 nitrogen and oxygen atoms in total. The Morgan fingerprint density at radius 1 is 1.07 bits per heavy atom. The van der Waals surface area contributed by atoms with E-state index in [9.17, 15) is 0 Å². The maximum Gasteiger partial charge on any atom is 0.145 e. The number of fused-ring (bicyclic) bond motifs is 1. The molecule has 0 bridgehead atoms. The van der Waals surface area contributed by atoms with Crippen molar-refractivity contribution in [2.24, 2.45) is 0 Å². The summed E-state index contributed by atoms with van der Waals surface area (Å²) in [6.07, 6.45) is 1.62. The third-order valence-electron chi connectivity index (χ3n) is 2.02. The molecule has 0 saturated carbocycles. The van der Waals surface area contributed by atoms with Crippen LogP contribution >= 0.6 is 11.3 Å². The Kier molecular flexibility index (Phi) is 1.89. The number of aromatic nitrogens is 4. The molecule has 0 saturated heterocycles. The molecule has 72 valence electrons. The Labute approximate surface area is 89.6 Å². The SMILES string of the molecule is c1ccc2sc(-c3ccnnn3)nc2c1. The lowest BCUT2D eigenvalue weighted by atomic mass is 10.3. The van der Waals surface area contributed by atoms with Crippen LogP contribution in [0.4, 0.5) is 0 Å². The van der Waals surface area contributed by atoms with Crippen molar-refractivity contribution in [1.29, 1.82) is 0 Å². The highest BCUT2D eigenvalue weighted by atomic mass is 32.1. The lowest BCUT2D eigenvalue weighted by Crippen LogP contribution is -1.87. The molecule has 0 spiro atoms. The van der Waals surface area contributed by atoms with Crippen molar-refractivity contribution in [3.8, 4) is 10.7 Å². The monoisotopic (exact) mass is 214 g/mol. The van der Waals surface area contributed by atoms with Crippen molar-refractivity contribution in [3.63, 3.8) is 0 Å². The number of rotatable bonds is 1. The predicted molar refractivity (Wildman–Crippen MR) is 58.4 cm³/mol. The average Bonchev–Trinajstić information content (AvgIpc) is 2.74. The van der Waals surface area contributed by atoms with E-state index in [-0.39, 0.29) is 0 Å². The zero-order valence-corrected chi connectivity index (χ0v) is 8.48. The summed E-state index contributed by atoms with van der Waals surface area (Å²) < 4.78 is 1.16. The first-order valence-corrected chi connectivity index (χ1v) is 5.25. The third-order valence-corrected chi connectivity index (χ3v) is 3.08. The molecule has 3 rings (SSSR count). The number of nitrogens with zero attached hydrogens (tertiary/aromatic N) is 4. The first-order valence-electron chi connectivity index (χ1n) is 4.44. The van der Waals surface area contributed by atoms with Gasteiger partial charge >= 0.3 is 0 Å². The highest BCUT2D eigenvalue weighted by Gasteiger charge is 2.06. The van der Waals surface area contributed by atoms with Gasteiger partial charge in [-0.15, -0.1) is 21.5 Å². The summed E-state index contributed by atoms with van der Waals surface area (Å²) in [5.41, 5.74) is 1.77. The van der Waals surface area contributed by atoms with Crippen LogP contribution in [0.1, 0.15) is 0 Å². The molecule has 0 N–H and O–H groups in total. The van der Waals surface area contributed by atoms with Crippen LogP contribution in [0.15, 0.2) is 36.5 Å². The predicted octanol–water partition coefficient (Wildman–Crippen LogP) is 2.15. The molecule has 0 amide bonds. The van der Waals surface area contributed by atoms with Gasteiger partial charge in [-0.05, 0) is 23.4 Å². The van der Waals surface area contributed by atoms with Crippen LogP contribution in [0.2, 0.25) is 0 Å². The van der Waals surface area contributed by atoms with Crippen molar-refractivity contribution in [3.05, 3.63) is 36.5 Å². The van der Waals surface area contributed by atoms with Crippen molar-refractivity contribution in [1.82, 2.24) is 20.4 Å². The number of hydrogen-bond acceptors (Lipinski definition) is 5. The molecule has 0 fully saturated rings. The van der Waals surface area contributed by atoms with Crippen LogP contribution < -0.4 is 0 Å². The summed E-state index contributed by atoms with van der Waals surface area (Å²) in [7, 11) is 0. The van der Waals surface area contributed by atoms with E-state index in [1.165, 1.54) is 0 Å². The Bertz CT molecular complexity index is 557. The first-order chi connectivity index (χ1) is 7.43. The molecule has 0 unspecified atom stereocenters. The number of thiazole rings is 1. The lowest BCUT2D eigenvalue weighted by Gasteiger charge is -1.88. The molecular formula is C10H6N4S. The van der Waals surface area contributed by atoms with Gasteiger partial charge in [0.1, 0.15) is 10.7 Å². The Balaban J connectivity index is 2.21. The third kappa shape index (κ3) is 1.46. The second-order valence-corrected chi connectivity index (χ2v) is 4.02. The van der Waals surface area contributed by atoms with E-state index < -0.39 is 0 Å². The van der Waals surface area contributed by atoms with Gasteiger partial charge in [0, 0.05) is 0 Å². The summed E-state index contributed by atoms with van der Waals surface area (Å²) in [5.74, 6) is 0. The molecule has 2 heterocycles. The zero-order valence-electron chi connectivity index (χ0n) is 7.66. The molecular weight excluding hydrogens is 208 g/mol. The maximum atomic E-state index is 4.47. The van der Waals surface area contributed by atoms with Crippen LogP contribution in [0.3, 0.4) is 0 Å². The number of hydrogen-bond donors (Lipinski definition) is 0. The van der Waals surface area contributed by atoms with Gasteiger partial charge in [-0.25, -0.2) is 4.98 Å². The lowest BCUT2D eigenvalue weighted by molar-refractivity contribution is 0.870. The van der Waals surface area contributed by atoms with E-state index >= 15 is 0 Å².